The van der Waals surface area contributed by atoms with Crippen molar-refractivity contribution in [1.29, 1.82) is 0 Å². The minimum atomic E-state index is -3.00. The Kier molecular flexibility index (Phi) is 6.30. The van der Waals surface area contributed by atoms with E-state index in [0.29, 0.717) is 6.42 Å². The summed E-state index contributed by atoms with van der Waals surface area (Å²) in [4.78, 5) is 15.1. The van der Waals surface area contributed by atoms with Crippen molar-refractivity contribution < 1.29 is 13.2 Å². The van der Waals surface area contributed by atoms with E-state index in [9.17, 15) is 13.2 Å². The fourth-order valence-corrected chi connectivity index (χ4v) is 7.07. The molecule has 1 heterocycles. The molecule has 1 saturated heterocycles. The molecule has 5 nitrogen and oxygen atoms in total. The highest BCUT2D eigenvalue weighted by atomic mass is 32.2. The molecule has 29 heavy (non-hydrogen) atoms. The SMILES string of the molecule is C[C@H](NCC(=O)N(C1CCCC1)[C@H]1CCS(=O)(=O)C1)c1ccc2c(c1)CCCC2. The lowest BCUT2D eigenvalue weighted by Gasteiger charge is -2.34. The molecule has 1 aliphatic heterocycles. The van der Waals surface area contributed by atoms with Crippen LogP contribution in [0.4, 0.5) is 0 Å². The van der Waals surface area contributed by atoms with Crippen LogP contribution in [0.2, 0.25) is 0 Å². The van der Waals surface area contributed by atoms with Crippen molar-refractivity contribution in [1.82, 2.24) is 10.2 Å². The van der Waals surface area contributed by atoms with Crippen molar-refractivity contribution in [3.8, 4) is 0 Å². The predicted octanol–water partition coefficient (Wildman–Crippen LogP) is 3.17. The van der Waals surface area contributed by atoms with Gasteiger partial charge in [-0.15, -0.1) is 0 Å². The minimum Gasteiger partial charge on any atom is -0.335 e. The number of carbonyl (C=O) groups excluding carboxylic acids is 1. The first-order valence-electron chi connectivity index (χ1n) is 11.3. The number of rotatable bonds is 6. The van der Waals surface area contributed by atoms with Crippen molar-refractivity contribution in [3.63, 3.8) is 0 Å². The number of aryl methyl sites for hydroxylation is 2. The van der Waals surface area contributed by atoms with Crippen molar-refractivity contribution >= 4 is 15.7 Å². The van der Waals surface area contributed by atoms with Gasteiger partial charge in [0.25, 0.3) is 0 Å². The van der Waals surface area contributed by atoms with Gasteiger partial charge in [0, 0.05) is 18.1 Å². The molecule has 1 aromatic rings. The van der Waals surface area contributed by atoms with Gasteiger partial charge in [-0.25, -0.2) is 8.42 Å². The first-order chi connectivity index (χ1) is 13.9. The number of carbonyl (C=O) groups is 1. The maximum atomic E-state index is 13.2. The second-order valence-electron chi connectivity index (χ2n) is 9.13. The number of benzene rings is 1. The van der Waals surface area contributed by atoms with Crippen molar-refractivity contribution in [2.45, 2.75) is 82.8 Å². The van der Waals surface area contributed by atoms with E-state index >= 15 is 0 Å². The Morgan fingerprint density at radius 3 is 2.48 bits per heavy atom. The molecule has 1 aromatic carbocycles. The van der Waals surface area contributed by atoms with E-state index in [1.807, 2.05) is 4.90 Å². The molecule has 1 saturated carbocycles. The number of nitrogens with one attached hydrogen (secondary N) is 1. The Balaban J connectivity index is 1.41. The number of hydrogen-bond donors (Lipinski definition) is 1. The maximum Gasteiger partial charge on any atom is 0.237 e. The zero-order valence-corrected chi connectivity index (χ0v) is 18.3. The maximum absolute atomic E-state index is 13.2. The Hall–Kier alpha value is -1.40. The fourth-order valence-electron chi connectivity index (χ4n) is 5.35. The van der Waals surface area contributed by atoms with E-state index in [0.717, 1.165) is 32.1 Å². The van der Waals surface area contributed by atoms with Crippen LogP contribution in [0.25, 0.3) is 0 Å². The van der Waals surface area contributed by atoms with Gasteiger partial charge < -0.3 is 10.2 Å². The summed E-state index contributed by atoms with van der Waals surface area (Å²) in [6.45, 7) is 2.38. The Morgan fingerprint density at radius 1 is 1.07 bits per heavy atom. The summed E-state index contributed by atoms with van der Waals surface area (Å²) in [6, 6.07) is 6.90. The summed E-state index contributed by atoms with van der Waals surface area (Å²) in [5.74, 6) is 0.409. The summed E-state index contributed by atoms with van der Waals surface area (Å²) < 4.78 is 24.0. The van der Waals surface area contributed by atoms with E-state index in [-0.39, 0.29) is 42.1 Å². The average Bonchev–Trinajstić information content (AvgIpc) is 3.36. The Labute approximate surface area is 175 Å². The quantitative estimate of drug-likeness (QED) is 0.771. The summed E-state index contributed by atoms with van der Waals surface area (Å²) in [5, 5.41) is 3.41. The first kappa shape index (κ1) is 20.9. The van der Waals surface area contributed by atoms with Crippen LogP contribution in [0.5, 0.6) is 0 Å². The van der Waals surface area contributed by atoms with E-state index < -0.39 is 9.84 Å². The van der Waals surface area contributed by atoms with Crippen molar-refractivity contribution in [2.24, 2.45) is 0 Å². The first-order valence-corrected chi connectivity index (χ1v) is 13.1. The highest BCUT2D eigenvalue weighted by Gasteiger charge is 2.38. The smallest absolute Gasteiger partial charge is 0.237 e. The Morgan fingerprint density at radius 2 is 1.79 bits per heavy atom. The minimum absolute atomic E-state index is 0.0591. The zero-order chi connectivity index (χ0) is 20.4. The van der Waals surface area contributed by atoms with E-state index in [1.54, 1.807) is 0 Å². The third kappa shape index (κ3) is 4.85. The molecule has 2 fully saturated rings. The number of fused-ring (bicyclic) bond motifs is 1. The lowest BCUT2D eigenvalue weighted by Crippen LogP contribution is -2.50. The Bertz CT molecular complexity index is 846. The van der Waals surface area contributed by atoms with Crippen LogP contribution < -0.4 is 5.32 Å². The molecule has 4 rings (SSSR count). The van der Waals surface area contributed by atoms with Crippen LogP contribution >= 0.6 is 0 Å². The molecule has 3 aliphatic rings. The molecular weight excluding hydrogens is 384 g/mol. The molecule has 1 amide bonds. The summed E-state index contributed by atoms with van der Waals surface area (Å²) in [5.41, 5.74) is 4.16. The molecule has 160 valence electrons. The highest BCUT2D eigenvalue weighted by molar-refractivity contribution is 7.91. The molecular formula is C23H34N2O3S. The lowest BCUT2D eigenvalue weighted by atomic mass is 9.89. The number of nitrogens with zero attached hydrogens (tertiary/aromatic N) is 1. The van der Waals surface area contributed by atoms with E-state index in [4.69, 9.17) is 0 Å². The third-order valence-corrected chi connectivity index (χ3v) is 8.79. The van der Waals surface area contributed by atoms with Crippen LogP contribution in [0.15, 0.2) is 18.2 Å². The van der Waals surface area contributed by atoms with Gasteiger partial charge in [-0.05, 0) is 68.6 Å². The van der Waals surface area contributed by atoms with E-state index in [2.05, 4.69) is 30.4 Å². The molecule has 0 aromatic heterocycles. The van der Waals surface area contributed by atoms with Crippen LogP contribution in [-0.2, 0) is 27.5 Å². The van der Waals surface area contributed by atoms with Crippen LogP contribution in [0.3, 0.4) is 0 Å². The lowest BCUT2D eigenvalue weighted by molar-refractivity contribution is -0.134. The predicted molar refractivity (Wildman–Crippen MR) is 116 cm³/mol. The van der Waals surface area contributed by atoms with Crippen molar-refractivity contribution in [2.75, 3.05) is 18.1 Å². The molecule has 0 radical (unpaired) electrons. The number of sulfone groups is 1. The fraction of sp³-hybridized carbons (Fsp3) is 0.696. The van der Waals surface area contributed by atoms with Gasteiger partial charge in [0.05, 0.1) is 18.1 Å². The molecule has 1 N–H and O–H groups in total. The van der Waals surface area contributed by atoms with Crippen LogP contribution in [0, 0.1) is 0 Å². The molecule has 0 spiro atoms. The largest absolute Gasteiger partial charge is 0.335 e. The van der Waals surface area contributed by atoms with Gasteiger partial charge in [-0.2, -0.15) is 0 Å². The van der Waals surface area contributed by atoms with Gasteiger partial charge in [0.2, 0.25) is 5.91 Å². The molecule has 2 atom stereocenters. The molecule has 6 heteroatoms. The molecule has 0 bridgehead atoms. The molecule has 2 aliphatic carbocycles. The monoisotopic (exact) mass is 418 g/mol. The van der Waals surface area contributed by atoms with Crippen LogP contribution in [-0.4, -0.2) is 49.4 Å². The topological polar surface area (TPSA) is 66.5 Å². The van der Waals surface area contributed by atoms with Gasteiger partial charge in [-0.1, -0.05) is 31.0 Å². The second-order valence-corrected chi connectivity index (χ2v) is 11.4. The zero-order valence-electron chi connectivity index (χ0n) is 17.5. The second kappa shape index (κ2) is 8.76. The van der Waals surface area contributed by atoms with Gasteiger partial charge in [0.15, 0.2) is 9.84 Å². The van der Waals surface area contributed by atoms with E-state index in [1.165, 1.54) is 36.0 Å². The number of hydrogen-bond acceptors (Lipinski definition) is 4. The standard InChI is InChI=1S/C23H34N2O3S/c1-17(19-11-10-18-6-2-3-7-20(18)14-19)24-15-23(26)25(21-8-4-5-9-21)22-12-13-29(27,28)16-22/h10-11,14,17,21-22,24H,2-9,12-13,15-16H2,1H3/t17-,22-/m0/s1. The molecule has 0 unspecified atom stereocenters. The summed E-state index contributed by atoms with van der Waals surface area (Å²) in [7, 11) is -3.00. The summed E-state index contributed by atoms with van der Waals surface area (Å²) in [6.07, 6.45) is 9.73. The van der Waals surface area contributed by atoms with Crippen LogP contribution in [0.1, 0.15) is 74.6 Å². The third-order valence-electron chi connectivity index (χ3n) is 7.04. The van der Waals surface area contributed by atoms with Gasteiger partial charge in [0.1, 0.15) is 0 Å². The van der Waals surface area contributed by atoms with Gasteiger partial charge >= 0.3 is 0 Å². The van der Waals surface area contributed by atoms with Crippen molar-refractivity contribution in [3.05, 3.63) is 34.9 Å². The normalized spacial score (nSPS) is 24.9. The van der Waals surface area contributed by atoms with Gasteiger partial charge in [-0.3, -0.25) is 4.79 Å². The highest BCUT2D eigenvalue weighted by Crippen LogP contribution is 2.29. The average molecular weight is 419 g/mol. The number of amides is 1. The summed E-state index contributed by atoms with van der Waals surface area (Å²) >= 11 is 0.